The molecule has 0 spiro atoms. The molecule has 0 N–H and O–H groups in total. The summed E-state index contributed by atoms with van der Waals surface area (Å²) >= 11 is 7.54. The summed E-state index contributed by atoms with van der Waals surface area (Å²) in [6.45, 7) is 12.0. The summed E-state index contributed by atoms with van der Waals surface area (Å²) in [6, 6.07) is 6.54. The summed E-state index contributed by atoms with van der Waals surface area (Å²) in [5, 5.41) is 1.98. The number of alkyl halides is 1. The smallest absolute Gasteiger partial charge is 0.206 e. The standard InChI is InChI=1S/C23H21ClFN3O2S2/c1-22(2)20(10-24)28-23(3,13-32(22,29)30)17-8-14(5-6-18(17)25)7-15-12-31-19-9-16(26-4)11-27-21(15)19/h5-6,8-9,11-12H,7,10,13H2,1-3H3/t23-/m0/s1. The third-order valence-electron chi connectivity index (χ3n) is 6.06. The first-order chi connectivity index (χ1) is 15.0. The van der Waals surface area contributed by atoms with Gasteiger partial charge in [-0.05, 0) is 49.4 Å². The Morgan fingerprint density at radius 1 is 1.28 bits per heavy atom. The van der Waals surface area contributed by atoms with Crippen LogP contribution in [0.4, 0.5) is 10.1 Å². The van der Waals surface area contributed by atoms with Crippen molar-refractivity contribution in [1.82, 2.24) is 4.98 Å². The molecule has 0 unspecified atom stereocenters. The SMILES string of the molecule is [C-]#[N+]c1cnc2c(Cc3ccc(F)c([C@]4(C)CS(=O)(=O)C(C)(C)C(CCl)=N4)c3)csc2c1. The fraction of sp³-hybridized carbons (Fsp3) is 0.348. The molecule has 1 atom stereocenters. The monoisotopic (exact) mass is 489 g/mol. The van der Waals surface area contributed by atoms with Crippen LogP contribution in [0.5, 0.6) is 0 Å². The van der Waals surface area contributed by atoms with E-state index >= 15 is 0 Å². The zero-order chi connectivity index (χ0) is 23.3. The van der Waals surface area contributed by atoms with E-state index in [2.05, 4.69) is 14.8 Å². The summed E-state index contributed by atoms with van der Waals surface area (Å²) in [5.74, 6) is -0.836. The van der Waals surface area contributed by atoms with Crippen molar-refractivity contribution in [3.8, 4) is 0 Å². The van der Waals surface area contributed by atoms with Crippen LogP contribution in [0.2, 0.25) is 0 Å². The van der Waals surface area contributed by atoms with Crippen LogP contribution in [-0.2, 0) is 21.8 Å². The molecule has 9 heteroatoms. The van der Waals surface area contributed by atoms with Crippen molar-refractivity contribution in [2.75, 3.05) is 11.6 Å². The number of halogens is 2. The lowest BCUT2D eigenvalue weighted by Gasteiger charge is -2.39. The minimum Gasteiger partial charge on any atom is -0.279 e. The van der Waals surface area contributed by atoms with Crippen LogP contribution >= 0.6 is 22.9 Å². The van der Waals surface area contributed by atoms with Crippen molar-refractivity contribution in [2.45, 2.75) is 37.5 Å². The highest BCUT2D eigenvalue weighted by atomic mass is 35.5. The van der Waals surface area contributed by atoms with Crippen LogP contribution in [0.3, 0.4) is 0 Å². The Morgan fingerprint density at radius 3 is 2.72 bits per heavy atom. The highest BCUT2D eigenvalue weighted by molar-refractivity contribution is 7.93. The van der Waals surface area contributed by atoms with E-state index in [1.807, 2.05) is 5.38 Å². The Morgan fingerprint density at radius 2 is 2.03 bits per heavy atom. The Kier molecular flexibility index (Phi) is 5.64. The second-order valence-electron chi connectivity index (χ2n) is 8.64. The molecule has 2 aromatic heterocycles. The Bertz CT molecular complexity index is 1410. The molecule has 3 aromatic rings. The molecule has 1 aromatic carbocycles. The number of pyridine rings is 1. The maximum atomic E-state index is 15.0. The summed E-state index contributed by atoms with van der Waals surface area (Å²) < 4.78 is 40.7. The van der Waals surface area contributed by atoms with Crippen molar-refractivity contribution in [1.29, 1.82) is 0 Å². The van der Waals surface area contributed by atoms with Crippen LogP contribution in [0.25, 0.3) is 15.1 Å². The summed E-state index contributed by atoms with van der Waals surface area (Å²) in [4.78, 5) is 12.5. The van der Waals surface area contributed by atoms with Crippen LogP contribution in [0.1, 0.15) is 37.5 Å². The first-order valence-electron chi connectivity index (χ1n) is 9.91. The van der Waals surface area contributed by atoms with E-state index in [1.165, 1.54) is 17.4 Å². The van der Waals surface area contributed by atoms with Gasteiger partial charge in [0.1, 0.15) is 10.6 Å². The Balaban J connectivity index is 1.76. The number of sulfone groups is 1. The topological polar surface area (TPSA) is 63.8 Å². The van der Waals surface area contributed by atoms with Gasteiger partial charge in [0.2, 0.25) is 5.69 Å². The van der Waals surface area contributed by atoms with E-state index in [0.29, 0.717) is 17.8 Å². The number of aromatic nitrogens is 1. The molecule has 1 aliphatic heterocycles. The maximum absolute atomic E-state index is 15.0. The normalized spacial score (nSPS) is 21.8. The molecular formula is C23H21ClFN3O2S2. The highest BCUT2D eigenvalue weighted by Crippen LogP contribution is 2.39. The minimum absolute atomic E-state index is 0.0394. The molecule has 0 fully saturated rings. The molecule has 166 valence electrons. The van der Waals surface area contributed by atoms with Gasteiger partial charge in [0, 0.05) is 28.6 Å². The molecule has 0 radical (unpaired) electrons. The van der Waals surface area contributed by atoms with Crippen LogP contribution < -0.4 is 0 Å². The number of rotatable bonds is 4. The molecular weight excluding hydrogens is 469 g/mol. The third-order valence-corrected chi connectivity index (χ3v) is 10.0. The molecule has 4 rings (SSSR count). The number of hydrogen-bond donors (Lipinski definition) is 0. The molecule has 5 nitrogen and oxygen atoms in total. The zero-order valence-corrected chi connectivity index (χ0v) is 20.2. The number of nitrogens with zero attached hydrogens (tertiary/aromatic N) is 3. The summed E-state index contributed by atoms with van der Waals surface area (Å²) in [6.07, 6.45) is 2.04. The number of thiophene rings is 1. The lowest BCUT2D eigenvalue weighted by molar-refractivity contribution is 0.476. The lowest BCUT2D eigenvalue weighted by Crippen LogP contribution is -2.52. The second-order valence-corrected chi connectivity index (χ2v) is 12.4. The van der Waals surface area contributed by atoms with Gasteiger partial charge in [-0.3, -0.25) is 9.98 Å². The first-order valence-corrected chi connectivity index (χ1v) is 13.0. The van der Waals surface area contributed by atoms with E-state index in [0.717, 1.165) is 21.3 Å². The second kappa shape index (κ2) is 7.91. The number of hydrogen-bond acceptors (Lipinski definition) is 5. The molecule has 0 saturated carbocycles. The first kappa shape index (κ1) is 22.8. The number of aliphatic imine (C=N–C) groups is 1. The third kappa shape index (κ3) is 3.72. The molecule has 0 aliphatic carbocycles. The maximum Gasteiger partial charge on any atom is 0.206 e. The number of fused-ring (bicyclic) bond motifs is 1. The Hall–Kier alpha value is -2.34. The van der Waals surface area contributed by atoms with Gasteiger partial charge in [0.25, 0.3) is 0 Å². The van der Waals surface area contributed by atoms with Crippen molar-refractivity contribution in [3.05, 3.63) is 69.8 Å². The highest BCUT2D eigenvalue weighted by Gasteiger charge is 2.49. The summed E-state index contributed by atoms with van der Waals surface area (Å²) in [5.41, 5.74) is 2.38. The molecule has 0 amide bonds. The van der Waals surface area contributed by atoms with Crippen molar-refractivity contribution >= 4 is 54.4 Å². The van der Waals surface area contributed by atoms with Gasteiger partial charge < -0.3 is 0 Å². The van der Waals surface area contributed by atoms with Crippen molar-refractivity contribution in [3.63, 3.8) is 0 Å². The van der Waals surface area contributed by atoms with Gasteiger partial charge >= 0.3 is 0 Å². The molecule has 0 saturated heterocycles. The molecule has 1 aliphatic rings. The summed E-state index contributed by atoms with van der Waals surface area (Å²) in [7, 11) is -3.61. The van der Waals surface area contributed by atoms with Crippen LogP contribution in [0, 0.1) is 12.4 Å². The lowest BCUT2D eigenvalue weighted by atomic mass is 9.90. The van der Waals surface area contributed by atoms with Crippen LogP contribution in [-0.4, -0.2) is 35.5 Å². The van der Waals surface area contributed by atoms with E-state index in [4.69, 9.17) is 18.2 Å². The number of benzene rings is 1. The minimum atomic E-state index is -3.61. The van der Waals surface area contributed by atoms with E-state index in [9.17, 15) is 12.8 Å². The van der Waals surface area contributed by atoms with Crippen LogP contribution in [0.15, 0.2) is 40.8 Å². The fourth-order valence-electron chi connectivity index (χ4n) is 3.98. The van der Waals surface area contributed by atoms with Gasteiger partial charge in [-0.15, -0.1) is 22.9 Å². The van der Waals surface area contributed by atoms with Gasteiger partial charge in [0.05, 0.1) is 29.3 Å². The van der Waals surface area contributed by atoms with E-state index in [-0.39, 0.29) is 17.2 Å². The zero-order valence-electron chi connectivity index (χ0n) is 17.8. The van der Waals surface area contributed by atoms with E-state index in [1.54, 1.807) is 45.2 Å². The average Bonchev–Trinajstić information content (AvgIpc) is 3.13. The Labute approximate surface area is 195 Å². The predicted octanol–water partition coefficient (Wildman–Crippen LogP) is 5.68. The van der Waals surface area contributed by atoms with Gasteiger partial charge in [-0.2, -0.15) is 0 Å². The van der Waals surface area contributed by atoms with Gasteiger partial charge in [-0.1, -0.05) is 12.1 Å². The molecule has 32 heavy (non-hydrogen) atoms. The van der Waals surface area contributed by atoms with Gasteiger partial charge in [-0.25, -0.2) is 17.7 Å². The molecule has 3 heterocycles. The van der Waals surface area contributed by atoms with E-state index < -0.39 is 25.9 Å². The van der Waals surface area contributed by atoms with Crippen molar-refractivity contribution < 1.29 is 12.8 Å². The van der Waals surface area contributed by atoms with Gasteiger partial charge in [0.15, 0.2) is 9.84 Å². The predicted molar refractivity (Wildman–Crippen MR) is 128 cm³/mol. The molecule has 0 bridgehead atoms. The average molecular weight is 490 g/mol. The largest absolute Gasteiger partial charge is 0.279 e. The van der Waals surface area contributed by atoms with Crippen molar-refractivity contribution in [2.24, 2.45) is 4.99 Å². The fourth-order valence-corrected chi connectivity index (χ4v) is 7.20. The quantitative estimate of drug-likeness (QED) is 0.350.